The number of hydrogen-bond donors (Lipinski definition) is 2. The number of nitrogens with zero attached hydrogens (tertiary/aromatic N) is 3. The molecule has 1 aliphatic carbocycles. The Balaban J connectivity index is 1.34. The summed E-state index contributed by atoms with van der Waals surface area (Å²) >= 11 is 0. The lowest BCUT2D eigenvalue weighted by atomic mass is 10.1. The van der Waals surface area contributed by atoms with Gasteiger partial charge in [-0.25, -0.2) is 4.39 Å². The summed E-state index contributed by atoms with van der Waals surface area (Å²) in [6.07, 6.45) is 4.17. The zero-order chi connectivity index (χ0) is 21.4. The molecule has 3 aromatic rings. The van der Waals surface area contributed by atoms with E-state index in [0.29, 0.717) is 40.9 Å². The Kier molecular flexibility index (Phi) is 4.79. The molecule has 7 nitrogen and oxygen atoms in total. The van der Waals surface area contributed by atoms with Gasteiger partial charge in [0.1, 0.15) is 23.0 Å². The average molecular weight is 417 g/mol. The second-order valence-electron chi connectivity index (χ2n) is 7.88. The maximum absolute atomic E-state index is 13.2. The standard InChI is InChI=1S/C23H20FN5O2/c24-15-6-8-16(9-7-15)31-21-4-2-1-3-17(21)18-11-19(28-27-18)23(30)26-22-14-5-10-20(22)29(12-14)13-25/h1-4,6-9,11,14,20,22H,5,10,12H2,(H,26,30)(H,27,28)/t14?,20?,22-/m1/s1. The SMILES string of the molecule is N#CN1CC2CCC1[C@@H]2NC(=O)c1cc(-c2ccccc2Oc2ccc(F)cc2)n[nH]1. The third-order valence-electron chi connectivity index (χ3n) is 6.04. The van der Waals surface area contributed by atoms with Gasteiger partial charge in [-0.3, -0.25) is 9.89 Å². The molecule has 2 aliphatic rings. The molecule has 31 heavy (non-hydrogen) atoms. The Morgan fingerprint density at radius 1 is 1.23 bits per heavy atom. The van der Waals surface area contributed by atoms with Gasteiger partial charge >= 0.3 is 0 Å². The lowest BCUT2D eigenvalue weighted by molar-refractivity contribution is 0.0924. The van der Waals surface area contributed by atoms with Crippen molar-refractivity contribution in [2.24, 2.45) is 5.92 Å². The summed E-state index contributed by atoms with van der Waals surface area (Å²) in [6.45, 7) is 0.703. The van der Waals surface area contributed by atoms with Gasteiger partial charge in [0.2, 0.25) is 0 Å². The molecule has 1 saturated heterocycles. The summed E-state index contributed by atoms with van der Waals surface area (Å²) in [5.74, 6) is 0.780. The number of likely N-dealkylation sites (tertiary alicyclic amines) is 1. The summed E-state index contributed by atoms with van der Waals surface area (Å²) in [4.78, 5) is 14.6. The van der Waals surface area contributed by atoms with Crippen LogP contribution < -0.4 is 10.1 Å². The second kappa shape index (κ2) is 7.76. The summed E-state index contributed by atoms with van der Waals surface area (Å²) in [7, 11) is 0. The van der Waals surface area contributed by atoms with Crippen molar-refractivity contribution in [3.05, 3.63) is 66.1 Å². The number of aromatic nitrogens is 2. The molecule has 2 aromatic carbocycles. The van der Waals surface area contributed by atoms with Gasteiger partial charge in [0, 0.05) is 12.1 Å². The van der Waals surface area contributed by atoms with Crippen molar-refractivity contribution < 1.29 is 13.9 Å². The fraction of sp³-hybridized carbons (Fsp3) is 0.261. The van der Waals surface area contributed by atoms with Crippen molar-refractivity contribution in [3.8, 4) is 28.9 Å². The highest BCUT2D eigenvalue weighted by Crippen LogP contribution is 2.37. The minimum Gasteiger partial charge on any atom is -0.457 e. The highest BCUT2D eigenvalue weighted by atomic mass is 19.1. The number of carbonyl (C=O) groups excluding carboxylic acids is 1. The van der Waals surface area contributed by atoms with Crippen LogP contribution in [0.25, 0.3) is 11.3 Å². The molecule has 2 heterocycles. The number of H-pyrrole nitrogens is 1. The number of halogens is 1. The smallest absolute Gasteiger partial charge is 0.269 e. The van der Waals surface area contributed by atoms with E-state index in [4.69, 9.17) is 4.74 Å². The number of piperidine rings is 1. The van der Waals surface area contributed by atoms with E-state index >= 15 is 0 Å². The number of hydrogen-bond acceptors (Lipinski definition) is 5. The summed E-state index contributed by atoms with van der Waals surface area (Å²) in [5, 5.41) is 19.4. The molecule has 2 fully saturated rings. The van der Waals surface area contributed by atoms with Crippen molar-refractivity contribution in [1.82, 2.24) is 20.4 Å². The molecule has 2 N–H and O–H groups in total. The van der Waals surface area contributed by atoms with Crippen LogP contribution in [0.1, 0.15) is 23.3 Å². The first-order valence-electron chi connectivity index (χ1n) is 10.2. The van der Waals surface area contributed by atoms with Crippen LogP contribution in [0.4, 0.5) is 4.39 Å². The van der Waals surface area contributed by atoms with E-state index in [9.17, 15) is 14.4 Å². The topological polar surface area (TPSA) is 94.0 Å². The van der Waals surface area contributed by atoms with E-state index in [-0.39, 0.29) is 23.8 Å². The molecule has 5 rings (SSSR count). The van der Waals surface area contributed by atoms with Crippen molar-refractivity contribution >= 4 is 5.91 Å². The number of benzene rings is 2. The van der Waals surface area contributed by atoms with Gasteiger partial charge in [-0.15, -0.1) is 0 Å². The van der Waals surface area contributed by atoms with E-state index in [0.717, 1.165) is 12.8 Å². The van der Waals surface area contributed by atoms with Crippen molar-refractivity contribution in [1.29, 1.82) is 5.26 Å². The van der Waals surface area contributed by atoms with Crippen LogP contribution in [-0.2, 0) is 0 Å². The molecule has 1 amide bonds. The fourth-order valence-electron chi connectivity index (χ4n) is 4.53. The minimum atomic E-state index is -0.336. The number of nitriles is 1. The highest BCUT2D eigenvalue weighted by Gasteiger charge is 2.47. The van der Waals surface area contributed by atoms with Gasteiger partial charge < -0.3 is 15.0 Å². The predicted molar refractivity (Wildman–Crippen MR) is 111 cm³/mol. The van der Waals surface area contributed by atoms with Gasteiger partial charge in [0.25, 0.3) is 5.91 Å². The molecule has 2 unspecified atom stereocenters. The third-order valence-corrected chi connectivity index (χ3v) is 6.04. The molecule has 2 bridgehead atoms. The number of fused-ring (bicyclic) bond motifs is 2. The van der Waals surface area contributed by atoms with Gasteiger partial charge in [-0.1, -0.05) is 12.1 Å². The van der Waals surface area contributed by atoms with Crippen molar-refractivity contribution in [3.63, 3.8) is 0 Å². The van der Waals surface area contributed by atoms with Crippen molar-refractivity contribution in [2.45, 2.75) is 24.9 Å². The number of aromatic amines is 1. The molecule has 1 saturated carbocycles. The molecule has 0 radical (unpaired) electrons. The summed E-state index contributed by atoms with van der Waals surface area (Å²) in [6, 6.07) is 14.8. The molecular formula is C23H20FN5O2. The van der Waals surface area contributed by atoms with Crippen LogP contribution in [-0.4, -0.2) is 39.6 Å². The Hall–Kier alpha value is -3.86. The lowest BCUT2D eigenvalue weighted by Gasteiger charge is -2.21. The number of amides is 1. The van der Waals surface area contributed by atoms with Crippen LogP contribution >= 0.6 is 0 Å². The number of para-hydroxylation sites is 1. The minimum absolute atomic E-state index is 0.0204. The van der Waals surface area contributed by atoms with Gasteiger partial charge in [-0.05, 0) is 61.2 Å². The molecule has 3 atom stereocenters. The number of carbonyl (C=O) groups is 1. The summed E-state index contributed by atoms with van der Waals surface area (Å²) in [5.41, 5.74) is 1.62. The zero-order valence-electron chi connectivity index (χ0n) is 16.6. The van der Waals surface area contributed by atoms with Crippen LogP contribution in [0.2, 0.25) is 0 Å². The largest absolute Gasteiger partial charge is 0.457 e. The van der Waals surface area contributed by atoms with Gasteiger partial charge in [-0.2, -0.15) is 10.4 Å². The first-order valence-corrected chi connectivity index (χ1v) is 10.2. The average Bonchev–Trinajstić information content (AvgIpc) is 3.51. The molecular weight excluding hydrogens is 397 g/mol. The first kappa shape index (κ1) is 19.1. The third kappa shape index (κ3) is 3.59. The Morgan fingerprint density at radius 3 is 2.81 bits per heavy atom. The molecule has 8 heteroatoms. The van der Waals surface area contributed by atoms with Crippen LogP contribution in [0.5, 0.6) is 11.5 Å². The molecule has 1 aromatic heterocycles. The van der Waals surface area contributed by atoms with E-state index in [1.54, 1.807) is 29.2 Å². The molecule has 156 valence electrons. The first-order chi connectivity index (χ1) is 15.1. The van der Waals surface area contributed by atoms with E-state index in [1.165, 1.54) is 12.1 Å². The number of nitrogens with one attached hydrogen (secondary N) is 2. The van der Waals surface area contributed by atoms with Gasteiger partial charge in [0.05, 0.1) is 17.8 Å². The lowest BCUT2D eigenvalue weighted by Crippen LogP contribution is -2.42. The quantitative estimate of drug-likeness (QED) is 0.618. The Labute approximate surface area is 178 Å². The van der Waals surface area contributed by atoms with E-state index in [2.05, 4.69) is 21.7 Å². The maximum Gasteiger partial charge on any atom is 0.269 e. The number of rotatable bonds is 5. The summed E-state index contributed by atoms with van der Waals surface area (Å²) < 4.78 is 19.1. The molecule has 0 spiro atoms. The van der Waals surface area contributed by atoms with E-state index in [1.807, 2.05) is 18.2 Å². The predicted octanol–water partition coefficient (Wildman–Crippen LogP) is 3.68. The van der Waals surface area contributed by atoms with Crippen LogP contribution in [0.15, 0.2) is 54.6 Å². The number of ether oxygens (including phenoxy) is 1. The van der Waals surface area contributed by atoms with Gasteiger partial charge in [0.15, 0.2) is 6.19 Å². The van der Waals surface area contributed by atoms with Crippen LogP contribution in [0, 0.1) is 23.2 Å². The zero-order valence-corrected chi connectivity index (χ0v) is 16.6. The monoisotopic (exact) mass is 417 g/mol. The maximum atomic E-state index is 13.2. The van der Waals surface area contributed by atoms with Crippen molar-refractivity contribution in [2.75, 3.05) is 6.54 Å². The Bertz CT molecular complexity index is 1150. The van der Waals surface area contributed by atoms with Crippen LogP contribution in [0.3, 0.4) is 0 Å². The fourth-order valence-corrected chi connectivity index (χ4v) is 4.53. The second-order valence-corrected chi connectivity index (χ2v) is 7.88. The molecule has 1 aliphatic heterocycles. The Morgan fingerprint density at radius 2 is 2.03 bits per heavy atom. The normalized spacial score (nSPS) is 21.7. The highest BCUT2D eigenvalue weighted by molar-refractivity contribution is 5.94. The van der Waals surface area contributed by atoms with E-state index < -0.39 is 0 Å².